The Morgan fingerprint density at radius 2 is 1.93 bits per heavy atom. The summed E-state index contributed by atoms with van der Waals surface area (Å²) in [6.45, 7) is 3.60. The van der Waals surface area contributed by atoms with Crippen molar-refractivity contribution in [3.05, 3.63) is 52.8 Å². The van der Waals surface area contributed by atoms with Crippen molar-refractivity contribution in [1.82, 2.24) is 4.57 Å². The summed E-state index contributed by atoms with van der Waals surface area (Å²) < 4.78 is 14.2. The number of thiazole rings is 1. The molecule has 0 radical (unpaired) electrons. The molecule has 7 heteroatoms. The van der Waals surface area contributed by atoms with E-state index in [2.05, 4.69) is 22.7 Å². The molecule has 0 aliphatic carbocycles. The molecule has 1 amide bonds. The van der Waals surface area contributed by atoms with Crippen LogP contribution in [0.4, 0.5) is 0 Å². The lowest BCUT2D eigenvalue weighted by Crippen LogP contribution is -2.18. The summed E-state index contributed by atoms with van der Waals surface area (Å²) >= 11 is 3.28. The van der Waals surface area contributed by atoms with Crippen LogP contribution in [-0.4, -0.2) is 36.2 Å². The van der Waals surface area contributed by atoms with Gasteiger partial charge in [-0.05, 0) is 49.1 Å². The topological polar surface area (TPSA) is 52.8 Å². The number of aromatic nitrogens is 1. The Bertz CT molecular complexity index is 1020. The third kappa shape index (κ3) is 5.42. The highest BCUT2D eigenvalue weighted by atomic mass is 32.2. The molecule has 1 heterocycles. The number of methoxy groups -OCH3 is 1. The second-order valence-corrected chi connectivity index (χ2v) is 8.50. The Hall–Kier alpha value is -2.25. The van der Waals surface area contributed by atoms with E-state index in [1.807, 2.05) is 30.3 Å². The minimum absolute atomic E-state index is 0.249. The number of aryl methyl sites for hydroxylation is 1. The van der Waals surface area contributed by atoms with Crippen LogP contribution in [0.25, 0.3) is 10.2 Å². The number of thioether (sulfide) groups is 1. The summed E-state index contributed by atoms with van der Waals surface area (Å²) in [5.41, 5.74) is 1.59. The highest BCUT2D eigenvalue weighted by molar-refractivity contribution is 7.98. The van der Waals surface area contributed by atoms with E-state index in [0.717, 1.165) is 46.9 Å². The SMILES string of the molecule is CCCCOc1ccc(C(=O)N=c2sc3ccc(OC)cc3n2CCSC)cc1. The molecule has 0 bridgehead atoms. The largest absolute Gasteiger partial charge is 0.497 e. The fourth-order valence-electron chi connectivity index (χ4n) is 2.84. The van der Waals surface area contributed by atoms with Crippen molar-refractivity contribution in [2.24, 2.45) is 4.99 Å². The molecule has 0 aliphatic rings. The number of fused-ring (bicyclic) bond motifs is 1. The second-order valence-electron chi connectivity index (χ2n) is 6.51. The van der Waals surface area contributed by atoms with Gasteiger partial charge in [0, 0.05) is 23.9 Å². The quantitative estimate of drug-likeness (QED) is 0.449. The fourth-order valence-corrected chi connectivity index (χ4v) is 4.24. The van der Waals surface area contributed by atoms with Crippen molar-refractivity contribution in [2.75, 3.05) is 25.7 Å². The average molecular weight is 431 g/mol. The van der Waals surface area contributed by atoms with Crippen molar-refractivity contribution >= 4 is 39.2 Å². The van der Waals surface area contributed by atoms with Gasteiger partial charge in [0.1, 0.15) is 11.5 Å². The zero-order valence-electron chi connectivity index (χ0n) is 17.0. The first kappa shape index (κ1) is 21.5. The van der Waals surface area contributed by atoms with E-state index in [4.69, 9.17) is 9.47 Å². The molecule has 0 saturated heterocycles. The molecule has 0 fully saturated rings. The maximum atomic E-state index is 12.8. The maximum absolute atomic E-state index is 12.8. The molecule has 0 aliphatic heterocycles. The molecule has 3 rings (SSSR count). The van der Waals surface area contributed by atoms with Gasteiger partial charge in [-0.25, -0.2) is 0 Å². The van der Waals surface area contributed by atoms with E-state index in [0.29, 0.717) is 17.0 Å². The molecular weight excluding hydrogens is 404 g/mol. The smallest absolute Gasteiger partial charge is 0.279 e. The number of rotatable bonds is 9. The van der Waals surface area contributed by atoms with E-state index in [1.165, 1.54) is 11.3 Å². The minimum atomic E-state index is -0.249. The molecule has 0 N–H and O–H groups in total. The second kappa shape index (κ2) is 10.5. The summed E-state index contributed by atoms with van der Waals surface area (Å²) in [5, 5.41) is 0. The number of hydrogen-bond donors (Lipinski definition) is 0. The summed E-state index contributed by atoms with van der Waals surface area (Å²) in [6, 6.07) is 13.1. The van der Waals surface area contributed by atoms with Gasteiger partial charge in [-0.1, -0.05) is 24.7 Å². The third-order valence-electron chi connectivity index (χ3n) is 4.47. The number of carbonyl (C=O) groups excluding carboxylic acids is 1. The van der Waals surface area contributed by atoms with E-state index >= 15 is 0 Å². The van der Waals surface area contributed by atoms with Crippen molar-refractivity contribution in [3.8, 4) is 11.5 Å². The lowest BCUT2D eigenvalue weighted by molar-refractivity contribution is 0.0998. The van der Waals surface area contributed by atoms with Crippen LogP contribution in [0.15, 0.2) is 47.5 Å². The molecule has 0 spiro atoms. The molecule has 5 nitrogen and oxygen atoms in total. The highest BCUT2D eigenvalue weighted by Crippen LogP contribution is 2.23. The maximum Gasteiger partial charge on any atom is 0.279 e. The third-order valence-corrected chi connectivity index (χ3v) is 6.12. The Balaban J connectivity index is 1.90. The predicted molar refractivity (Wildman–Crippen MR) is 121 cm³/mol. The summed E-state index contributed by atoms with van der Waals surface area (Å²) in [4.78, 5) is 17.9. The number of unbranched alkanes of at least 4 members (excludes halogenated alkanes) is 1. The lowest BCUT2D eigenvalue weighted by Gasteiger charge is -2.06. The van der Waals surface area contributed by atoms with Crippen LogP contribution in [0.2, 0.25) is 0 Å². The van der Waals surface area contributed by atoms with Gasteiger partial charge in [0.2, 0.25) is 0 Å². The number of nitrogens with zero attached hydrogens (tertiary/aromatic N) is 2. The Labute approximate surface area is 179 Å². The lowest BCUT2D eigenvalue weighted by atomic mass is 10.2. The zero-order valence-corrected chi connectivity index (χ0v) is 18.6. The number of benzene rings is 2. The van der Waals surface area contributed by atoms with E-state index in [-0.39, 0.29) is 5.91 Å². The predicted octanol–water partition coefficient (Wildman–Crippen LogP) is 4.99. The monoisotopic (exact) mass is 430 g/mol. The van der Waals surface area contributed by atoms with E-state index in [9.17, 15) is 4.79 Å². The van der Waals surface area contributed by atoms with Gasteiger partial charge in [-0.3, -0.25) is 4.79 Å². The Morgan fingerprint density at radius 3 is 2.62 bits per heavy atom. The average Bonchev–Trinajstić information content (AvgIpc) is 3.08. The minimum Gasteiger partial charge on any atom is -0.497 e. The first-order valence-corrected chi connectivity index (χ1v) is 11.9. The number of hydrogen-bond acceptors (Lipinski definition) is 5. The van der Waals surface area contributed by atoms with Crippen LogP contribution in [0, 0.1) is 0 Å². The molecule has 0 atom stereocenters. The van der Waals surface area contributed by atoms with Crippen molar-refractivity contribution in [3.63, 3.8) is 0 Å². The van der Waals surface area contributed by atoms with Crippen LogP contribution in [0.1, 0.15) is 30.1 Å². The van der Waals surface area contributed by atoms with Gasteiger partial charge >= 0.3 is 0 Å². The van der Waals surface area contributed by atoms with Crippen molar-refractivity contribution < 1.29 is 14.3 Å². The van der Waals surface area contributed by atoms with Crippen LogP contribution in [0.3, 0.4) is 0 Å². The van der Waals surface area contributed by atoms with Gasteiger partial charge in [-0.15, -0.1) is 0 Å². The number of amides is 1. The van der Waals surface area contributed by atoms with E-state index in [1.54, 1.807) is 31.0 Å². The summed E-state index contributed by atoms with van der Waals surface area (Å²) in [6.07, 6.45) is 4.18. The van der Waals surface area contributed by atoms with Gasteiger partial charge < -0.3 is 14.0 Å². The van der Waals surface area contributed by atoms with E-state index < -0.39 is 0 Å². The summed E-state index contributed by atoms with van der Waals surface area (Å²) in [5.74, 6) is 2.26. The fraction of sp³-hybridized carbons (Fsp3) is 0.364. The summed E-state index contributed by atoms with van der Waals surface area (Å²) in [7, 11) is 1.66. The standard InChI is InChI=1S/C22H26N2O3S2/c1-4-5-13-27-17-8-6-16(7-9-17)21(25)23-22-24(12-14-28-3)19-15-18(26-2)10-11-20(19)29-22/h6-11,15H,4-5,12-14H2,1-3H3. The van der Waals surface area contributed by atoms with Crippen LogP contribution >= 0.6 is 23.1 Å². The Morgan fingerprint density at radius 1 is 1.17 bits per heavy atom. The van der Waals surface area contributed by atoms with Crippen molar-refractivity contribution in [1.29, 1.82) is 0 Å². The molecular formula is C22H26N2O3S2. The molecule has 154 valence electrons. The molecule has 3 aromatic rings. The van der Waals surface area contributed by atoms with Gasteiger partial charge in [0.15, 0.2) is 4.80 Å². The first-order valence-electron chi connectivity index (χ1n) is 9.64. The Kier molecular flexibility index (Phi) is 7.77. The zero-order chi connectivity index (χ0) is 20.6. The van der Waals surface area contributed by atoms with Crippen LogP contribution < -0.4 is 14.3 Å². The first-order chi connectivity index (χ1) is 14.2. The van der Waals surface area contributed by atoms with Crippen LogP contribution in [0.5, 0.6) is 11.5 Å². The number of ether oxygens (including phenoxy) is 2. The molecule has 0 saturated carbocycles. The molecule has 1 aromatic heterocycles. The number of carbonyl (C=O) groups is 1. The molecule has 2 aromatic carbocycles. The van der Waals surface area contributed by atoms with Gasteiger partial charge in [-0.2, -0.15) is 16.8 Å². The van der Waals surface area contributed by atoms with Gasteiger partial charge in [0.25, 0.3) is 5.91 Å². The van der Waals surface area contributed by atoms with Gasteiger partial charge in [0.05, 0.1) is 23.9 Å². The van der Waals surface area contributed by atoms with Crippen LogP contribution in [-0.2, 0) is 6.54 Å². The highest BCUT2D eigenvalue weighted by Gasteiger charge is 2.10. The molecule has 0 unspecified atom stereocenters. The normalized spacial score (nSPS) is 11.8. The molecule has 29 heavy (non-hydrogen) atoms. The van der Waals surface area contributed by atoms with Crippen molar-refractivity contribution in [2.45, 2.75) is 26.3 Å².